The number of benzene rings is 1. The minimum Gasteiger partial charge on any atom is -0.380 e. The Labute approximate surface area is 157 Å². The molecule has 0 bridgehead atoms. The third kappa shape index (κ3) is 4.49. The fourth-order valence-corrected chi connectivity index (χ4v) is 3.31. The minimum atomic E-state index is -0.156. The fourth-order valence-electron chi connectivity index (χ4n) is 2.54. The summed E-state index contributed by atoms with van der Waals surface area (Å²) in [5.74, 6) is 0.216. The molecule has 1 aromatic carbocycles. The highest BCUT2D eigenvalue weighted by Crippen LogP contribution is 2.22. The summed E-state index contributed by atoms with van der Waals surface area (Å²) in [6.45, 7) is 4.80. The monoisotopic (exact) mass is 369 g/mol. The molecule has 0 saturated heterocycles. The molecule has 0 aliphatic rings. The number of rotatable bonds is 7. The number of amides is 1. The van der Waals surface area contributed by atoms with Gasteiger partial charge in [0.05, 0.1) is 6.20 Å². The van der Waals surface area contributed by atoms with Crippen molar-refractivity contribution in [3.05, 3.63) is 53.8 Å². The van der Waals surface area contributed by atoms with Crippen LogP contribution in [-0.2, 0) is 7.05 Å². The van der Waals surface area contributed by atoms with Gasteiger partial charge in [-0.3, -0.25) is 9.48 Å². The number of hydrogen-bond acceptors (Lipinski definition) is 5. The van der Waals surface area contributed by atoms with Gasteiger partial charge in [-0.2, -0.15) is 5.10 Å². The van der Waals surface area contributed by atoms with Crippen LogP contribution in [0.1, 0.15) is 24.3 Å². The summed E-state index contributed by atoms with van der Waals surface area (Å²) in [5, 5.41) is 13.2. The maximum absolute atomic E-state index is 12.5. The second-order valence-corrected chi connectivity index (χ2v) is 7.37. The molecule has 3 aromatic rings. The lowest BCUT2D eigenvalue weighted by atomic mass is 10.0. The summed E-state index contributed by atoms with van der Waals surface area (Å²) < 4.78 is 1.72. The lowest BCUT2D eigenvalue weighted by Crippen LogP contribution is -2.39. The minimum absolute atomic E-state index is 0.137. The van der Waals surface area contributed by atoms with Gasteiger partial charge in [-0.25, -0.2) is 4.98 Å². The Morgan fingerprint density at radius 3 is 2.69 bits per heavy atom. The summed E-state index contributed by atoms with van der Waals surface area (Å²) in [6, 6.07) is 10.2. The maximum Gasteiger partial charge on any atom is 0.270 e. The Kier molecular flexibility index (Phi) is 5.68. The molecule has 1 amide bonds. The molecule has 0 radical (unpaired) electrons. The number of carbonyl (C=O) groups excluding carboxylic acids is 1. The zero-order valence-corrected chi connectivity index (χ0v) is 16.0. The molecule has 1 unspecified atom stereocenters. The van der Waals surface area contributed by atoms with Crippen LogP contribution in [-0.4, -0.2) is 33.3 Å². The van der Waals surface area contributed by atoms with E-state index in [0.29, 0.717) is 18.2 Å². The molecule has 0 aliphatic heterocycles. The number of thiazole rings is 1. The Balaban J connectivity index is 1.61. The fraction of sp³-hybridized carbons (Fsp3) is 0.316. The standard InChI is InChI=1S/C19H23N5OS/c1-13(2)16(22-15-7-5-4-6-8-15)10-20-18(25)17-12-26-19(23-17)14-9-21-24(3)11-14/h4-9,11-13,16,22H,10H2,1-3H3,(H,20,25). The molecule has 2 aromatic heterocycles. The van der Waals surface area contributed by atoms with Crippen LogP contribution in [0.4, 0.5) is 5.69 Å². The van der Waals surface area contributed by atoms with Crippen molar-refractivity contribution < 1.29 is 4.79 Å². The van der Waals surface area contributed by atoms with Gasteiger partial charge in [0.25, 0.3) is 5.91 Å². The summed E-state index contributed by atoms with van der Waals surface area (Å²) in [4.78, 5) is 16.9. The van der Waals surface area contributed by atoms with Crippen LogP contribution in [0.2, 0.25) is 0 Å². The molecule has 2 N–H and O–H groups in total. The van der Waals surface area contributed by atoms with Crippen molar-refractivity contribution in [3.8, 4) is 10.6 Å². The van der Waals surface area contributed by atoms with Crippen LogP contribution < -0.4 is 10.6 Å². The van der Waals surface area contributed by atoms with E-state index in [1.54, 1.807) is 16.3 Å². The van der Waals surface area contributed by atoms with Gasteiger partial charge in [0.1, 0.15) is 10.7 Å². The van der Waals surface area contributed by atoms with Gasteiger partial charge in [0, 0.05) is 42.5 Å². The lowest BCUT2D eigenvalue weighted by Gasteiger charge is -2.23. The van der Waals surface area contributed by atoms with Gasteiger partial charge in [0.15, 0.2) is 0 Å². The van der Waals surface area contributed by atoms with E-state index in [-0.39, 0.29) is 11.9 Å². The molecule has 0 aliphatic carbocycles. The second kappa shape index (κ2) is 8.14. The van der Waals surface area contributed by atoms with Gasteiger partial charge in [-0.1, -0.05) is 32.0 Å². The van der Waals surface area contributed by atoms with E-state index in [2.05, 4.69) is 34.6 Å². The van der Waals surface area contributed by atoms with E-state index < -0.39 is 0 Å². The maximum atomic E-state index is 12.5. The molecule has 2 heterocycles. The average molecular weight is 369 g/mol. The van der Waals surface area contributed by atoms with Crippen molar-refractivity contribution in [3.63, 3.8) is 0 Å². The van der Waals surface area contributed by atoms with Crippen LogP contribution in [0, 0.1) is 5.92 Å². The Hall–Kier alpha value is -2.67. The molecule has 136 valence electrons. The first-order chi connectivity index (χ1) is 12.5. The lowest BCUT2D eigenvalue weighted by molar-refractivity contribution is 0.0946. The first-order valence-electron chi connectivity index (χ1n) is 8.57. The number of aryl methyl sites for hydroxylation is 1. The third-order valence-electron chi connectivity index (χ3n) is 4.10. The smallest absolute Gasteiger partial charge is 0.270 e. The van der Waals surface area contributed by atoms with Crippen molar-refractivity contribution in [1.29, 1.82) is 0 Å². The first-order valence-corrected chi connectivity index (χ1v) is 9.45. The summed E-state index contributed by atoms with van der Waals surface area (Å²) in [5.41, 5.74) is 2.41. The predicted octanol–water partition coefficient (Wildman–Crippen LogP) is 3.41. The second-order valence-electron chi connectivity index (χ2n) is 6.51. The third-order valence-corrected chi connectivity index (χ3v) is 4.99. The van der Waals surface area contributed by atoms with Gasteiger partial charge >= 0.3 is 0 Å². The van der Waals surface area contributed by atoms with Crippen LogP contribution in [0.5, 0.6) is 0 Å². The van der Waals surface area contributed by atoms with E-state index in [1.807, 2.05) is 43.6 Å². The van der Waals surface area contributed by atoms with Gasteiger partial charge in [-0.05, 0) is 18.1 Å². The predicted molar refractivity (Wildman–Crippen MR) is 105 cm³/mol. The van der Waals surface area contributed by atoms with Gasteiger partial charge in [-0.15, -0.1) is 11.3 Å². The number of aromatic nitrogens is 3. The number of anilines is 1. The molecular weight excluding hydrogens is 346 g/mol. The zero-order valence-electron chi connectivity index (χ0n) is 15.1. The molecular formula is C19H23N5OS. The quantitative estimate of drug-likeness (QED) is 0.669. The topological polar surface area (TPSA) is 71.8 Å². The number of hydrogen-bond donors (Lipinski definition) is 2. The molecule has 6 nitrogen and oxygen atoms in total. The van der Waals surface area contributed by atoms with Gasteiger partial charge in [0.2, 0.25) is 0 Å². The summed E-state index contributed by atoms with van der Waals surface area (Å²) >= 11 is 1.45. The Bertz CT molecular complexity index is 856. The van der Waals surface area contributed by atoms with E-state index in [4.69, 9.17) is 0 Å². The van der Waals surface area contributed by atoms with Crippen molar-refractivity contribution in [1.82, 2.24) is 20.1 Å². The van der Waals surface area contributed by atoms with Crippen LogP contribution in [0.25, 0.3) is 10.6 Å². The van der Waals surface area contributed by atoms with E-state index in [1.165, 1.54) is 11.3 Å². The van der Waals surface area contributed by atoms with E-state index in [0.717, 1.165) is 16.3 Å². The van der Waals surface area contributed by atoms with Crippen molar-refractivity contribution >= 4 is 22.9 Å². The van der Waals surface area contributed by atoms with Crippen LogP contribution in [0.3, 0.4) is 0 Å². The van der Waals surface area contributed by atoms with Crippen LogP contribution in [0.15, 0.2) is 48.1 Å². The van der Waals surface area contributed by atoms with Crippen molar-refractivity contribution in [2.45, 2.75) is 19.9 Å². The first kappa shape index (κ1) is 18.1. The molecule has 26 heavy (non-hydrogen) atoms. The molecule has 1 atom stereocenters. The largest absolute Gasteiger partial charge is 0.380 e. The SMILES string of the molecule is CC(C)C(CNC(=O)c1csc(-c2cnn(C)c2)n1)Nc1ccccc1. The van der Waals surface area contributed by atoms with E-state index in [9.17, 15) is 4.79 Å². The number of nitrogens with one attached hydrogen (secondary N) is 2. The van der Waals surface area contributed by atoms with Crippen molar-refractivity contribution in [2.75, 3.05) is 11.9 Å². The number of carbonyl (C=O) groups is 1. The van der Waals surface area contributed by atoms with Crippen LogP contribution >= 0.6 is 11.3 Å². The van der Waals surface area contributed by atoms with E-state index >= 15 is 0 Å². The highest BCUT2D eigenvalue weighted by atomic mass is 32.1. The molecule has 7 heteroatoms. The summed E-state index contributed by atoms with van der Waals surface area (Å²) in [6.07, 6.45) is 3.64. The van der Waals surface area contributed by atoms with Crippen molar-refractivity contribution in [2.24, 2.45) is 13.0 Å². The Morgan fingerprint density at radius 2 is 2.04 bits per heavy atom. The molecule has 0 spiro atoms. The Morgan fingerprint density at radius 1 is 1.27 bits per heavy atom. The number of para-hydroxylation sites is 1. The molecule has 3 rings (SSSR count). The number of nitrogens with zero attached hydrogens (tertiary/aromatic N) is 3. The highest BCUT2D eigenvalue weighted by Gasteiger charge is 2.17. The highest BCUT2D eigenvalue weighted by molar-refractivity contribution is 7.13. The average Bonchev–Trinajstić information content (AvgIpc) is 3.28. The zero-order chi connectivity index (χ0) is 18.5. The normalized spacial score (nSPS) is 12.2. The molecule has 0 saturated carbocycles. The van der Waals surface area contributed by atoms with Gasteiger partial charge < -0.3 is 10.6 Å². The summed E-state index contributed by atoms with van der Waals surface area (Å²) in [7, 11) is 1.86. The molecule has 0 fully saturated rings.